The maximum Gasteiger partial charge on any atom is 0.285 e. The zero-order valence-electron chi connectivity index (χ0n) is 12.4. The summed E-state index contributed by atoms with van der Waals surface area (Å²) in [4.78, 5) is 35.1. The summed E-state index contributed by atoms with van der Waals surface area (Å²) < 4.78 is 5.29. The quantitative estimate of drug-likeness (QED) is 0.379. The molecule has 1 N–H and O–H groups in total. The summed E-state index contributed by atoms with van der Waals surface area (Å²) in [6.45, 7) is 0. The van der Waals surface area contributed by atoms with E-state index in [1.54, 1.807) is 12.1 Å². The van der Waals surface area contributed by atoms with Crippen molar-refractivity contribution in [2.24, 2.45) is 0 Å². The van der Waals surface area contributed by atoms with Crippen molar-refractivity contribution in [1.82, 2.24) is 10.4 Å². The van der Waals surface area contributed by atoms with E-state index in [1.165, 1.54) is 30.5 Å². The van der Waals surface area contributed by atoms with Gasteiger partial charge in [-0.3, -0.25) is 25.1 Å². The maximum absolute atomic E-state index is 12.4. The molecule has 0 aliphatic carbocycles. The molecule has 0 radical (unpaired) electrons. The number of benzene rings is 1. The number of nitro benzene ring substituents is 1. The molecular weight excluding hydrogens is 366 g/mol. The first-order chi connectivity index (χ1) is 12.0. The minimum absolute atomic E-state index is 0.0401. The first-order valence-corrected chi connectivity index (χ1v) is 8.05. The molecule has 1 fully saturated rings. The van der Waals surface area contributed by atoms with Crippen LogP contribution in [0.3, 0.4) is 0 Å². The molecule has 3 rings (SSSR count). The van der Waals surface area contributed by atoms with Crippen LogP contribution in [0, 0.1) is 10.1 Å². The fourth-order valence-corrected chi connectivity index (χ4v) is 3.15. The van der Waals surface area contributed by atoms with Crippen molar-refractivity contribution in [3.8, 4) is 0 Å². The number of non-ortho nitro benzene ring substituents is 1. The van der Waals surface area contributed by atoms with Gasteiger partial charge in [-0.1, -0.05) is 17.8 Å². The third-order valence-electron chi connectivity index (χ3n) is 3.14. The van der Waals surface area contributed by atoms with Crippen LogP contribution in [0.4, 0.5) is 5.69 Å². The highest BCUT2D eigenvalue weighted by atomic mass is 32.2. The summed E-state index contributed by atoms with van der Waals surface area (Å²) >= 11 is 6.11. The number of amides is 2. The van der Waals surface area contributed by atoms with E-state index in [9.17, 15) is 19.7 Å². The Bertz CT molecular complexity index is 908. The van der Waals surface area contributed by atoms with Crippen molar-refractivity contribution in [2.75, 3.05) is 0 Å². The Labute approximate surface area is 150 Å². The normalized spacial score (nSPS) is 15.7. The average molecular weight is 375 g/mol. The van der Waals surface area contributed by atoms with E-state index in [2.05, 4.69) is 5.43 Å². The SMILES string of the molecule is O=C(NN1C(=O)/C(=C\c2ccco2)SC1=S)c1cccc([N+](=O)[O-])c1. The van der Waals surface area contributed by atoms with Gasteiger partial charge in [-0.05, 0) is 30.4 Å². The second-order valence-corrected chi connectivity index (χ2v) is 6.46. The predicted molar refractivity (Wildman–Crippen MR) is 94.3 cm³/mol. The van der Waals surface area contributed by atoms with E-state index in [4.69, 9.17) is 16.6 Å². The van der Waals surface area contributed by atoms with Crippen LogP contribution < -0.4 is 5.43 Å². The van der Waals surface area contributed by atoms with Gasteiger partial charge in [-0.2, -0.15) is 5.01 Å². The molecule has 1 aromatic heterocycles. The van der Waals surface area contributed by atoms with Crippen LogP contribution in [0.15, 0.2) is 52.0 Å². The van der Waals surface area contributed by atoms with E-state index in [-0.39, 0.29) is 15.6 Å². The molecule has 0 bridgehead atoms. The van der Waals surface area contributed by atoms with Gasteiger partial charge in [0.25, 0.3) is 17.5 Å². The fraction of sp³-hybridized carbons (Fsp3) is 0. The Hall–Kier alpha value is -2.98. The summed E-state index contributed by atoms with van der Waals surface area (Å²) in [6, 6.07) is 8.52. The minimum atomic E-state index is -0.681. The number of carbonyl (C=O) groups excluding carboxylic acids is 2. The molecule has 25 heavy (non-hydrogen) atoms. The molecule has 2 heterocycles. The molecule has 1 aliphatic heterocycles. The van der Waals surface area contributed by atoms with Crippen molar-refractivity contribution >= 4 is 51.9 Å². The number of nitrogens with zero attached hydrogens (tertiary/aromatic N) is 2. The zero-order chi connectivity index (χ0) is 18.0. The first kappa shape index (κ1) is 16.9. The van der Waals surface area contributed by atoms with Crippen LogP contribution in [0.2, 0.25) is 0 Å². The number of nitrogens with one attached hydrogen (secondary N) is 1. The number of rotatable bonds is 4. The first-order valence-electron chi connectivity index (χ1n) is 6.82. The monoisotopic (exact) mass is 375 g/mol. The molecule has 0 atom stereocenters. The van der Waals surface area contributed by atoms with E-state index in [1.807, 2.05) is 0 Å². The highest BCUT2D eigenvalue weighted by Crippen LogP contribution is 2.31. The van der Waals surface area contributed by atoms with Gasteiger partial charge in [0.1, 0.15) is 5.76 Å². The molecule has 1 aliphatic rings. The maximum atomic E-state index is 12.4. The molecule has 2 aromatic rings. The van der Waals surface area contributed by atoms with Crippen molar-refractivity contribution in [2.45, 2.75) is 0 Å². The van der Waals surface area contributed by atoms with Crippen LogP contribution in [-0.2, 0) is 4.79 Å². The Kier molecular flexibility index (Phi) is 4.63. The lowest BCUT2D eigenvalue weighted by Gasteiger charge is -2.15. The van der Waals surface area contributed by atoms with Crippen LogP contribution in [0.25, 0.3) is 6.08 Å². The van der Waals surface area contributed by atoms with Crippen molar-refractivity contribution in [3.63, 3.8) is 0 Å². The smallest absolute Gasteiger partial charge is 0.285 e. The van der Waals surface area contributed by atoms with E-state index in [0.717, 1.165) is 22.8 Å². The largest absolute Gasteiger partial charge is 0.465 e. The highest BCUT2D eigenvalue weighted by Gasteiger charge is 2.34. The van der Waals surface area contributed by atoms with Gasteiger partial charge < -0.3 is 4.42 Å². The van der Waals surface area contributed by atoms with Gasteiger partial charge in [0.05, 0.1) is 16.1 Å². The Morgan fingerprint density at radius 2 is 2.16 bits per heavy atom. The third kappa shape index (κ3) is 3.59. The van der Waals surface area contributed by atoms with Gasteiger partial charge in [0.2, 0.25) is 0 Å². The Balaban J connectivity index is 1.77. The molecule has 0 unspecified atom stereocenters. The molecule has 0 spiro atoms. The van der Waals surface area contributed by atoms with Gasteiger partial charge in [0.15, 0.2) is 4.32 Å². The van der Waals surface area contributed by atoms with Crippen molar-refractivity contribution < 1.29 is 18.9 Å². The lowest BCUT2D eigenvalue weighted by molar-refractivity contribution is -0.384. The Morgan fingerprint density at radius 3 is 2.84 bits per heavy atom. The number of thioether (sulfide) groups is 1. The summed E-state index contributed by atoms with van der Waals surface area (Å²) in [5, 5.41) is 11.7. The van der Waals surface area contributed by atoms with Crippen LogP contribution >= 0.6 is 24.0 Å². The lowest BCUT2D eigenvalue weighted by Crippen LogP contribution is -2.44. The molecule has 8 nitrogen and oxygen atoms in total. The van der Waals surface area contributed by atoms with E-state index in [0.29, 0.717) is 10.7 Å². The third-order valence-corrected chi connectivity index (χ3v) is 4.44. The molecule has 1 aromatic carbocycles. The molecule has 126 valence electrons. The van der Waals surface area contributed by atoms with Crippen molar-refractivity contribution in [1.29, 1.82) is 0 Å². The fourth-order valence-electron chi connectivity index (χ4n) is 1.99. The topological polar surface area (TPSA) is 106 Å². The lowest BCUT2D eigenvalue weighted by atomic mass is 10.2. The average Bonchev–Trinajstić information content (AvgIpc) is 3.19. The summed E-state index contributed by atoms with van der Waals surface area (Å²) in [7, 11) is 0. The summed E-state index contributed by atoms with van der Waals surface area (Å²) in [5.41, 5.74) is 2.17. The number of thiocarbonyl (C=S) groups is 1. The zero-order valence-corrected chi connectivity index (χ0v) is 14.0. The van der Waals surface area contributed by atoms with Crippen molar-refractivity contribution in [3.05, 3.63) is 69.0 Å². The predicted octanol–water partition coefficient (Wildman–Crippen LogP) is 2.73. The van der Waals surface area contributed by atoms with Gasteiger partial charge >= 0.3 is 0 Å². The standard InChI is InChI=1S/C15H9N3O5S2/c19-13(9-3-1-4-10(7-9)18(21)22)16-17-14(20)12(25-15(17)24)8-11-5-2-6-23-11/h1-8H,(H,16,19)/b12-8+. The number of carbonyl (C=O) groups is 2. The molecule has 2 amide bonds. The second kappa shape index (κ2) is 6.87. The summed E-state index contributed by atoms with van der Waals surface area (Å²) in [6.07, 6.45) is 2.98. The molecule has 1 saturated heterocycles. The van der Waals surface area contributed by atoms with Gasteiger partial charge in [0, 0.05) is 23.8 Å². The summed E-state index contributed by atoms with van der Waals surface area (Å²) in [5.74, 6) is -0.713. The number of hydrazine groups is 1. The van der Waals surface area contributed by atoms with E-state index >= 15 is 0 Å². The number of nitro groups is 1. The van der Waals surface area contributed by atoms with Crippen LogP contribution in [0.5, 0.6) is 0 Å². The minimum Gasteiger partial charge on any atom is -0.465 e. The molecule has 10 heteroatoms. The second-order valence-electron chi connectivity index (χ2n) is 4.78. The van der Waals surface area contributed by atoms with E-state index < -0.39 is 16.7 Å². The van der Waals surface area contributed by atoms with Crippen LogP contribution in [0.1, 0.15) is 16.1 Å². The number of hydrogen-bond acceptors (Lipinski definition) is 7. The van der Waals surface area contributed by atoms with Gasteiger partial charge in [-0.25, -0.2) is 0 Å². The highest BCUT2D eigenvalue weighted by molar-refractivity contribution is 8.26. The Morgan fingerprint density at radius 1 is 1.36 bits per heavy atom. The molecule has 0 saturated carbocycles. The van der Waals surface area contributed by atoms with Gasteiger partial charge in [-0.15, -0.1) is 0 Å². The molecular formula is C15H9N3O5S2. The number of furan rings is 1. The number of hydrogen-bond donors (Lipinski definition) is 1. The van der Waals surface area contributed by atoms with Crippen LogP contribution in [-0.4, -0.2) is 26.1 Å².